The number of hydrogen-bond donors (Lipinski definition) is 2. The number of aromatic nitrogens is 2. The molecule has 2 aromatic rings. The fourth-order valence-electron chi connectivity index (χ4n) is 2.77. The van der Waals surface area contributed by atoms with Crippen LogP contribution < -0.4 is 10.1 Å². The molecular formula is C16H21N3O2. The van der Waals surface area contributed by atoms with Crippen molar-refractivity contribution in [2.45, 2.75) is 25.5 Å². The van der Waals surface area contributed by atoms with E-state index in [1.54, 1.807) is 14.2 Å². The number of nitrogens with one attached hydrogen (secondary N) is 2. The first-order valence-electron chi connectivity index (χ1n) is 7.18. The van der Waals surface area contributed by atoms with Crippen molar-refractivity contribution in [2.24, 2.45) is 0 Å². The van der Waals surface area contributed by atoms with Gasteiger partial charge < -0.3 is 19.8 Å². The lowest BCUT2D eigenvalue weighted by Crippen LogP contribution is -2.16. The highest BCUT2D eigenvalue weighted by molar-refractivity contribution is 5.62. The highest BCUT2D eigenvalue weighted by atomic mass is 16.5. The number of nitrogens with zero attached hydrogens (tertiary/aromatic N) is 1. The molecule has 0 aliphatic carbocycles. The SMILES string of the molecule is COc1ccc(-c2nc(C3CC(OC)CN3)[nH]c2C)cc1. The predicted octanol–water partition coefficient (Wildman–Crippen LogP) is 2.44. The van der Waals surface area contributed by atoms with Crippen LogP contribution in [-0.2, 0) is 4.74 Å². The first-order valence-corrected chi connectivity index (χ1v) is 7.18. The Morgan fingerprint density at radius 3 is 2.57 bits per heavy atom. The van der Waals surface area contributed by atoms with Gasteiger partial charge in [0.1, 0.15) is 11.6 Å². The molecule has 1 aromatic carbocycles. The maximum atomic E-state index is 5.39. The van der Waals surface area contributed by atoms with Gasteiger partial charge in [-0.05, 0) is 37.6 Å². The standard InChI is InChI=1S/C16H21N3O2/c1-10-15(11-4-6-12(20-2)7-5-11)19-16(18-10)14-8-13(21-3)9-17-14/h4-7,13-14,17H,8-9H2,1-3H3,(H,18,19). The molecule has 0 bridgehead atoms. The van der Waals surface area contributed by atoms with Crippen molar-refractivity contribution in [2.75, 3.05) is 20.8 Å². The van der Waals surface area contributed by atoms with E-state index in [-0.39, 0.29) is 12.1 Å². The molecule has 1 fully saturated rings. The van der Waals surface area contributed by atoms with Gasteiger partial charge in [-0.3, -0.25) is 0 Å². The van der Waals surface area contributed by atoms with Crippen LogP contribution >= 0.6 is 0 Å². The molecule has 0 radical (unpaired) electrons. The van der Waals surface area contributed by atoms with Crippen LogP contribution in [0.4, 0.5) is 0 Å². The summed E-state index contributed by atoms with van der Waals surface area (Å²) in [7, 11) is 3.43. The molecule has 2 N–H and O–H groups in total. The smallest absolute Gasteiger partial charge is 0.124 e. The van der Waals surface area contributed by atoms with Gasteiger partial charge in [0.25, 0.3) is 0 Å². The highest BCUT2D eigenvalue weighted by Crippen LogP contribution is 2.28. The number of aryl methyl sites for hydroxylation is 1. The Morgan fingerprint density at radius 1 is 1.19 bits per heavy atom. The molecule has 1 aliphatic heterocycles. The van der Waals surface area contributed by atoms with Gasteiger partial charge >= 0.3 is 0 Å². The third-order valence-corrected chi connectivity index (χ3v) is 4.02. The topological polar surface area (TPSA) is 59.2 Å². The zero-order valence-electron chi connectivity index (χ0n) is 12.6. The highest BCUT2D eigenvalue weighted by Gasteiger charge is 2.27. The molecule has 0 spiro atoms. The number of methoxy groups -OCH3 is 2. The zero-order valence-corrected chi connectivity index (χ0v) is 12.6. The molecule has 3 rings (SSSR count). The predicted molar refractivity (Wildman–Crippen MR) is 81.5 cm³/mol. The van der Waals surface area contributed by atoms with Crippen molar-refractivity contribution in [1.29, 1.82) is 0 Å². The quantitative estimate of drug-likeness (QED) is 0.907. The van der Waals surface area contributed by atoms with E-state index < -0.39 is 0 Å². The number of benzene rings is 1. The molecule has 2 unspecified atom stereocenters. The Bertz CT molecular complexity index is 606. The summed E-state index contributed by atoms with van der Waals surface area (Å²) in [6, 6.07) is 8.22. The average molecular weight is 287 g/mol. The van der Waals surface area contributed by atoms with Crippen molar-refractivity contribution in [1.82, 2.24) is 15.3 Å². The van der Waals surface area contributed by atoms with Gasteiger partial charge in [0.2, 0.25) is 0 Å². The van der Waals surface area contributed by atoms with Gasteiger partial charge in [-0.2, -0.15) is 0 Å². The normalized spacial score (nSPS) is 21.7. The van der Waals surface area contributed by atoms with Gasteiger partial charge in [-0.15, -0.1) is 0 Å². The Labute approximate surface area is 124 Å². The number of ether oxygens (including phenoxy) is 2. The van der Waals surface area contributed by atoms with E-state index in [1.807, 2.05) is 24.3 Å². The van der Waals surface area contributed by atoms with E-state index in [0.29, 0.717) is 0 Å². The van der Waals surface area contributed by atoms with E-state index in [1.165, 1.54) is 0 Å². The second kappa shape index (κ2) is 5.87. The van der Waals surface area contributed by atoms with E-state index in [2.05, 4.69) is 17.2 Å². The Hall–Kier alpha value is -1.85. The van der Waals surface area contributed by atoms with Gasteiger partial charge in [-0.1, -0.05) is 0 Å². The average Bonchev–Trinajstić information content (AvgIpc) is 3.13. The molecule has 0 saturated carbocycles. The van der Waals surface area contributed by atoms with E-state index >= 15 is 0 Å². The van der Waals surface area contributed by atoms with Gasteiger partial charge in [-0.25, -0.2) is 4.98 Å². The maximum Gasteiger partial charge on any atom is 0.124 e. The lowest BCUT2D eigenvalue weighted by molar-refractivity contribution is 0.117. The molecule has 0 amide bonds. The van der Waals surface area contributed by atoms with Crippen LogP contribution in [0.25, 0.3) is 11.3 Å². The van der Waals surface area contributed by atoms with Crippen LogP contribution in [0.3, 0.4) is 0 Å². The molecule has 112 valence electrons. The second-order valence-electron chi connectivity index (χ2n) is 5.38. The summed E-state index contributed by atoms with van der Waals surface area (Å²) >= 11 is 0. The molecule has 5 nitrogen and oxygen atoms in total. The summed E-state index contributed by atoms with van der Waals surface area (Å²) in [6.45, 7) is 2.93. The Morgan fingerprint density at radius 2 is 1.95 bits per heavy atom. The molecule has 1 aromatic heterocycles. The first kappa shape index (κ1) is 14.1. The monoisotopic (exact) mass is 287 g/mol. The molecule has 2 heterocycles. The lowest BCUT2D eigenvalue weighted by atomic mass is 10.1. The van der Waals surface area contributed by atoms with Crippen molar-refractivity contribution in [3.8, 4) is 17.0 Å². The largest absolute Gasteiger partial charge is 0.497 e. The van der Waals surface area contributed by atoms with Crippen LogP contribution in [0, 0.1) is 6.92 Å². The van der Waals surface area contributed by atoms with Gasteiger partial charge in [0, 0.05) is 24.9 Å². The fraction of sp³-hybridized carbons (Fsp3) is 0.438. The maximum absolute atomic E-state index is 5.39. The second-order valence-corrected chi connectivity index (χ2v) is 5.38. The summed E-state index contributed by atoms with van der Waals surface area (Å²) in [5, 5.41) is 3.45. The number of H-pyrrole nitrogens is 1. The van der Waals surface area contributed by atoms with Crippen LogP contribution in [0.1, 0.15) is 24.0 Å². The molecule has 2 atom stereocenters. The number of imidazole rings is 1. The Balaban J connectivity index is 1.84. The van der Waals surface area contributed by atoms with Gasteiger partial charge in [0.15, 0.2) is 0 Å². The first-order chi connectivity index (χ1) is 10.2. The summed E-state index contributed by atoms with van der Waals surface area (Å²) in [6.07, 6.45) is 1.22. The molecular weight excluding hydrogens is 266 g/mol. The van der Waals surface area contributed by atoms with E-state index in [9.17, 15) is 0 Å². The third-order valence-electron chi connectivity index (χ3n) is 4.02. The molecule has 21 heavy (non-hydrogen) atoms. The molecule has 1 aliphatic rings. The van der Waals surface area contributed by atoms with Crippen molar-refractivity contribution in [3.05, 3.63) is 35.8 Å². The van der Waals surface area contributed by atoms with Gasteiger partial charge in [0.05, 0.1) is 24.9 Å². The van der Waals surface area contributed by atoms with Crippen LogP contribution in [0.2, 0.25) is 0 Å². The van der Waals surface area contributed by atoms with Crippen molar-refractivity contribution in [3.63, 3.8) is 0 Å². The summed E-state index contributed by atoms with van der Waals surface area (Å²) in [4.78, 5) is 8.17. The summed E-state index contributed by atoms with van der Waals surface area (Å²) < 4.78 is 10.6. The van der Waals surface area contributed by atoms with E-state index in [4.69, 9.17) is 14.5 Å². The number of rotatable bonds is 4. The molecule has 1 saturated heterocycles. The Kier molecular flexibility index (Phi) is 3.94. The lowest BCUT2D eigenvalue weighted by Gasteiger charge is -2.06. The van der Waals surface area contributed by atoms with E-state index in [0.717, 1.165) is 41.5 Å². The van der Waals surface area contributed by atoms with Crippen LogP contribution in [-0.4, -0.2) is 36.8 Å². The van der Waals surface area contributed by atoms with Crippen LogP contribution in [0.15, 0.2) is 24.3 Å². The minimum Gasteiger partial charge on any atom is -0.497 e. The molecule has 5 heteroatoms. The number of hydrogen-bond acceptors (Lipinski definition) is 4. The minimum atomic E-state index is 0.237. The third kappa shape index (κ3) is 2.80. The zero-order chi connectivity index (χ0) is 14.8. The van der Waals surface area contributed by atoms with Crippen LogP contribution in [0.5, 0.6) is 5.75 Å². The minimum absolute atomic E-state index is 0.237. The fourth-order valence-corrected chi connectivity index (χ4v) is 2.77. The summed E-state index contributed by atoms with van der Waals surface area (Å²) in [5.74, 6) is 1.84. The number of aromatic amines is 1. The van der Waals surface area contributed by atoms with Crippen molar-refractivity contribution >= 4 is 0 Å². The van der Waals surface area contributed by atoms with Crippen molar-refractivity contribution < 1.29 is 9.47 Å². The summed E-state index contributed by atoms with van der Waals surface area (Å²) in [5.41, 5.74) is 3.17.